The van der Waals surface area contributed by atoms with Crippen LogP contribution in [0.4, 0.5) is 40.3 Å². The summed E-state index contributed by atoms with van der Waals surface area (Å²) in [5.74, 6) is -3.65. The van der Waals surface area contributed by atoms with E-state index in [-0.39, 0.29) is 0 Å². The fourth-order valence-corrected chi connectivity index (χ4v) is 6.78. The highest BCUT2D eigenvalue weighted by molar-refractivity contribution is 5.96. The summed E-state index contributed by atoms with van der Waals surface area (Å²) in [6, 6.07) is 36.4. The van der Waals surface area contributed by atoms with Gasteiger partial charge in [0.05, 0.1) is 5.41 Å². The molecule has 0 fully saturated rings. The number of nitrogens with one attached hydrogen (secondary N) is 2. The zero-order valence-corrected chi connectivity index (χ0v) is 22.6. The summed E-state index contributed by atoms with van der Waals surface area (Å²) in [6.07, 6.45) is 0. The molecule has 2 aliphatic rings. The van der Waals surface area contributed by atoms with Gasteiger partial charge in [0.15, 0.2) is 23.3 Å². The average molecular weight is 571 g/mol. The molecule has 6 heteroatoms. The highest BCUT2D eigenvalue weighted by atomic mass is 19.2. The third-order valence-corrected chi connectivity index (χ3v) is 8.51. The average Bonchev–Trinajstić information content (AvgIpc) is 3.47. The number of fused-ring (bicyclic) bond motifs is 10. The fraction of sp³-hybridized carbons (Fsp3) is 0.0270. The van der Waals surface area contributed by atoms with Gasteiger partial charge in [-0.15, -0.1) is 0 Å². The van der Waals surface area contributed by atoms with Gasteiger partial charge in [-0.2, -0.15) is 0 Å². The lowest BCUT2D eigenvalue weighted by Gasteiger charge is -2.31. The number of rotatable bonds is 4. The molecule has 1 spiro atoms. The highest BCUT2D eigenvalue weighted by Crippen LogP contribution is 2.63. The zero-order valence-electron chi connectivity index (χ0n) is 22.6. The Hall–Kier alpha value is -5.36. The Bertz CT molecular complexity index is 1950. The molecule has 0 aromatic heterocycles. The van der Waals surface area contributed by atoms with Crippen LogP contribution >= 0.6 is 0 Å². The van der Waals surface area contributed by atoms with Crippen LogP contribution in [0.1, 0.15) is 22.3 Å². The van der Waals surface area contributed by atoms with E-state index in [9.17, 15) is 17.6 Å². The van der Waals surface area contributed by atoms with Gasteiger partial charge in [-0.3, -0.25) is 0 Å². The van der Waals surface area contributed by atoms with Gasteiger partial charge >= 0.3 is 0 Å². The van der Waals surface area contributed by atoms with E-state index >= 15 is 0 Å². The second-order valence-corrected chi connectivity index (χ2v) is 10.9. The summed E-state index contributed by atoms with van der Waals surface area (Å²) < 4.78 is 55.3. The van der Waals surface area contributed by atoms with E-state index in [4.69, 9.17) is 0 Å². The molecular formula is C37H22F4N2. The van der Waals surface area contributed by atoms with Gasteiger partial charge in [0.1, 0.15) is 0 Å². The Morgan fingerprint density at radius 3 is 1.16 bits per heavy atom. The molecule has 0 atom stereocenters. The van der Waals surface area contributed by atoms with Gasteiger partial charge in [-0.1, -0.05) is 60.7 Å². The maximum Gasteiger partial charge on any atom is 0.160 e. The quantitative estimate of drug-likeness (QED) is 0.206. The van der Waals surface area contributed by atoms with Crippen LogP contribution in [0.15, 0.2) is 121 Å². The van der Waals surface area contributed by atoms with Crippen molar-refractivity contribution in [2.24, 2.45) is 0 Å². The monoisotopic (exact) mass is 570 g/mol. The number of anilines is 4. The molecular weight excluding hydrogens is 548 g/mol. The summed E-state index contributed by atoms with van der Waals surface area (Å²) in [4.78, 5) is 0. The second-order valence-electron chi connectivity index (χ2n) is 10.9. The van der Waals surface area contributed by atoms with Crippen molar-refractivity contribution in [1.29, 1.82) is 0 Å². The largest absolute Gasteiger partial charge is 0.355 e. The normalized spacial score (nSPS) is 13.3. The molecule has 0 bridgehead atoms. The Morgan fingerprint density at radius 2 is 0.721 bits per heavy atom. The molecule has 0 saturated heterocycles. The van der Waals surface area contributed by atoms with Gasteiger partial charge in [0.2, 0.25) is 0 Å². The lowest BCUT2D eigenvalue weighted by atomic mass is 9.70. The molecule has 6 aromatic rings. The van der Waals surface area contributed by atoms with E-state index in [1.807, 2.05) is 36.4 Å². The molecule has 208 valence electrons. The van der Waals surface area contributed by atoms with Crippen molar-refractivity contribution in [3.63, 3.8) is 0 Å². The van der Waals surface area contributed by atoms with Crippen molar-refractivity contribution in [2.75, 3.05) is 10.6 Å². The van der Waals surface area contributed by atoms with Gasteiger partial charge in [-0.05, 0) is 93.0 Å². The Labute approximate surface area is 245 Å². The molecule has 0 amide bonds. The maximum absolute atomic E-state index is 14.0. The van der Waals surface area contributed by atoms with Crippen LogP contribution in [0.3, 0.4) is 0 Å². The third-order valence-electron chi connectivity index (χ3n) is 8.51. The number of hydrogen-bond donors (Lipinski definition) is 2. The first-order valence-electron chi connectivity index (χ1n) is 13.9. The van der Waals surface area contributed by atoms with Crippen LogP contribution < -0.4 is 10.6 Å². The van der Waals surface area contributed by atoms with Crippen LogP contribution in [0.2, 0.25) is 0 Å². The van der Waals surface area contributed by atoms with E-state index in [0.717, 1.165) is 80.1 Å². The van der Waals surface area contributed by atoms with Crippen molar-refractivity contribution in [2.45, 2.75) is 5.41 Å². The predicted octanol–water partition coefficient (Wildman–Crippen LogP) is 10.1. The lowest BCUT2D eigenvalue weighted by molar-refractivity contribution is 0.509. The lowest BCUT2D eigenvalue weighted by Crippen LogP contribution is -2.26. The van der Waals surface area contributed by atoms with E-state index < -0.39 is 28.7 Å². The summed E-state index contributed by atoms with van der Waals surface area (Å²) in [6.45, 7) is 0. The molecule has 0 saturated carbocycles. The molecule has 0 unspecified atom stereocenters. The Morgan fingerprint density at radius 1 is 0.349 bits per heavy atom. The molecule has 0 heterocycles. The topological polar surface area (TPSA) is 24.1 Å². The van der Waals surface area contributed by atoms with Crippen LogP contribution in [0.25, 0.3) is 22.3 Å². The van der Waals surface area contributed by atoms with Crippen molar-refractivity contribution in [3.05, 3.63) is 167 Å². The maximum atomic E-state index is 14.0. The van der Waals surface area contributed by atoms with Gasteiger partial charge in [-0.25, -0.2) is 17.6 Å². The molecule has 2 N–H and O–H groups in total. The van der Waals surface area contributed by atoms with Gasteiger partial charge < -0.3 is 10.6 Å². The molecule has 2 aliphatic carbocycles. The van der Waals surface area contributed by atoms with E-state index in [1.54, 1.807) is 0 Å². The number of halogens is 4. The van der Waals surface area contributed by atoms with Crippen molar-refractivity contribution in [1.82, 2.24) is 0 Å². The minimum absolute atomic E-state index is 0.439. The van der Waals surface area contributed by atoms with Crippen LogP contribution in [0.5, 0.6) is 0 Å². The molecule has 6 aromatic carbocycles. The molecule has 43 heavy (non-hydrogen) atoms. The van der Waals surface area contributed by atoms with Gasteiger partial charge in [0.25, 0.3) is 0 Å². The second kappa shape index (κ2) is 9.33. The smallest absolute Gasteiger partial charge is 0.160 e. The summed E-state index contributed by atoms with van der Waals surface area (Å²) in [5.41, 5.74) is 10.4. The fourth-order valence-electron chi connectivity index (χ4n) is 6.78. The molecule has 8 rings (SSSR count). The Balaban J connectivity index is 1.34. The SMILES string of the molecule is Fc1ccc(Nc2ccc3c(c2)C2(c4ccccc4-3)c3ccccc3-c3ccc(Nc4ccc(F)c(F)c4)cc32)cc1F. The first-order valence-corrected chi connectivity index (χ1v) is 13.9. The standard InChI is InChI=1S/C37H22F4N2/c38-33-15-11-23(19-35(33)40)42-21-9-13-27-25-5-1-3-7-29(25)37(31(27)17-21)30-8-4-2-6-26(30)28-14-10-22(18-32(28)37)43-24-12-16-34(39)36(41)20-24/h1-20,42-43H. The minimum Gasteiger partial charge on any atom is -0.355 e. The van der Waals surface area contributed by atoms with Crippen LogP contribution in [-0.2, 0) is 5.41 Å². The van der Waals surface area contributed by atoms with Crippen molar-refractivity contribution >= 4 is 22.7 Å². The summed E-state index contributed by atoms with van der Waals surface area (Å²) in [7, 11) is 0. The van der Waals surface area contributed by atoms with Crippen molar-refractivity contribution in [3.8, 4) is 22.3 Å². The van der Waals surface area contributed by atoms with Crippen molar-refractivity contribution < 1.29 is 17.6 Å². The van der Waals surface area contributed by atoms with Crippen LogP contribution in [-0.4, -0.2) is 0 Å². The predicted molar refractivity (Wildman–Crippen MR) is 162 cm³/mol. The highest BCUT2D eigenvalue weighted by Gasteiger charge is 2.51. The van der Waals surface area contributed by atoms with E-state index in [0.29, 0.717) is 11.4 Å². The van der Waals surface area contributed by atoms with E-state index in [1.165, 1.54) is 12.1 Å². The van der Waals surface area contributed by atoms with Gasteiger partial charge in [0, 0.05) is 34.9 Å². The Kier molecular flexibility index (Phi) is 5.50. The molecule has 0 radical (unpaired) electrons. The molecule has 2 nitrogen and oxygen atoms in total. The summed E-state index contributed by atoms with van der Waals surface area (Å²) in [5, 5.41) is 6.50. The number of benzene rings is 6. The third kappa shape index (κ3) is 3.73. The van der Waals surface area contributed by atoms with E-state index in [2.05, 4.69) is 59.2 Å². The van der Waals surface area contributed by atoms with Crippen LogP contribution in [0, 0.1) is 23.3 Å². The minimum atomic E-state index is -0.922. The first kappa shape index (κ1) is 25.4. The number of hydrogen-bond acceptors (Lipinski definition) is 2. The first-order chi connectivity index (χ1) is 20.9. The zero-order chi connectivity index (χ0) is 29.3. The summed E-state index contributed by atoms with van der Waals surface area (Å²) >= 11 is 0. The molecule has 0 aliphatic heterocycles.